The zero-order chi connectivity index (χ0) is 11.8. The monoisotopic (exact) mass is 227 g/mol. The lowest BCUT2D eigenvalue weighted by Crippen LogP contribution is -1.86. The molecule has 3 rings (SSSR count). The van der Waals surface area contributed by atoms with Crippen molar-refractivity contribution in [1.29, 1.82) is 0 Å². The Hall–Kier alpha value is -2.23. The van der Waals surface area contributed by atoms with Crippen LogP contribution in [0, 0.1) is 12.7 Å². The summed E-state index contributed by atoms with van der Waals surface area (Å²) in [5, 5.41) is 7.35. The summed E-state index contributed by atoms with van der Waals surface area (Å²) in [4.78, 5) is 4.26. The third kappa shape index (κ3) is 1.58. The van der Waals surface area contributed by atoms with Crippen molar-refractivity contribution in [3.63, 3.8) is 0 Å². The number of nitrogens with one attached hydrogen (secondary N) is 1. The highest BCUT2D eigenvalue weighted by Gasteiger charge is 2.07. The summed E-state index contributed by atoms with van der Waals surface area (Å²) >= 11 is 0. The van der Waals surface area contributed by atoms with Gasteiger partial charge in [-0.15, -0.1) is 0 Å². The molecular formula is C13H10FN3. The molecule has 0 aliphatic carbocycles. The van der Waals surface area contributed by atoms with Crippen molar-refractivity contribution in [2.45, 2.75) is 6.92 Å². The van der Waals surface area contributed by atoms with Crippen LogP contribution in [0.15, 0.2) is 36.7 Å². The van der Waals surface area contributed by atoms with Gasteiger partial charge in [-0.25, -0.2) is 4.39 Å². The van der Waals surface area contributed by atoms with E-state index in [1.54, 1.807) is 30.6 Å². The Morgan fingerprint density at radius 3 is 2.88 bits per heavy atom. The molecule has 0 saturated carbocycles. The summed E-state index contributed by atoms with van der Waals surface area (Å²) in [6.07, 6.45) is 3.46. The van der Waals surface area contributed by atoms with Gasteiger partial charge in [0, 0.05) is 28.4 Å². The van der Waals surface area contributed by atoms with E-state index in [0.29, 0.717) is 10.9 Å². The van der Waals surface area contributed by atoms with Crippen LogP contribution < -0.4 is 0 Å². The lowest BCUT2D eigenvalue weighted by atomic mass is 10.1. The van der Waals surface area contributed by atoms with Crippen molar-refractivity contribution in [3.8, 4) is 11.1 Å². The van der Waals surface area contributed by atoms with Gasteiger partial charge in [-0.2, -0.15) is 5.10 Å². The van der Waals surface area contributed by atoms with Gasteiger partial charge in [0.1, 0.15) is 5.82 Å². The van der Waals surface area contributed by atoms with E-state index in [2.05, 4.69) is 15.2 Å². The predicted octanol–water partition coefficient (Wildman–Crippen LogP) is 3.07. The summed E-state index contributed by atoms with van der Waals surface area (Å²) in [7, 11) is 0. The molecule has 3 aromatic rings. The van der Waals surface area contributed by atoms with E-state index in [9.17, 15) is 4.39 Å². The van der Waals surface area contributed by atoms with Crippen molar-refractivity contribution in [3.05, 3.63) is 48.2 Å². The van der Waals surface area contributed by atoms with E-state index in [1.807, 2.05) is 6.92 Å². The Morgan fingerprint density at radius 2 is 2.12 bits per heavy atom. The van der Waals surface area contributed by atoms with Crippen LogP contribution in [0.2, 0.25) is 0 Å². The SMILES string of the molecule is Cc1[nH]ncc1-c1cnc2cccc(F)c2c1. The van der Waals surface area contributed by atoms with Gasteiger partial charge >= 0.3 is 0 Å². The minimum atomic E-state index is -0.252. The highest BCUT2D eigenvalue weighted by molar-refractivity contribution is 5.84. The van der Waals surface area contributed by atoms with Crippen LogP contribution >= 0.6 is 0 Å². The number of halogens is 1. The van der Waals surface area contributed by atoms with E-state index in [4.69, 9.17) is 0 Å². The van der Waals surface area contributed by atoms with Crippen LogP contribution in [-0.2, 0) is 0 Å². The fourth-order valence-electron chi connectivity index (χ4n) is 1.90. The molecular weight excluding hydrogens is 217 g/mol. The number of hydrogen-bond donors (Lipinski definition) is 1. The number of pyridine rings is 1. The molecule has 0 radical (unpaired) electrons. The molecule has 0 aliphatic rings. The molecule has 0 spiro atoms. The molecule has 0 fully saturated rings. The summed E-state index contributed by atoms with van der Waals surface area (Å²) in [6.45, 7) is 1.92. The van der Waals surface area contributed by atoms with Gasteiger partial charge < -0.3 is 0 Å². The maximum Gasteiger partial charge on any atom is 0.132 e. The molecule has 0 saturated heterocycles. The largest absolute Gasteiger partial charge is 0.282 e. The number of rotatable bonds is 1. The number of nitrogens with zero attached hydrogens (tertiary/aromatic N) is 2. The highest BCUT2D eigenvalue weighted by Crippen LogP contribution is 2.25. The van der Waals surface area contributed by atoms with Gasteiger partial charge in [0.25, 0.3) is 0 Å². The van der Waals surface area contributed by atoms with Crippen molar-refractivity contribution in [2.75, 3.05) is 0 Å². The van der Waals surface area contributed by atoms with Gasteiger partial charge in [-0.3, -0.25) is 10.1 Å². The normalized spacial score (nSPS) is 10.9. The smallest absolute Gasteiger partial charge is 0.132 e. The minimum absolute atomic E-state index is 0.252. The molecule has 3 nitrogen and oxygen atoms in total. The lowest BCUT2D eigenvalue weighted by Gasteiger charge is -2.02. The topological polar surface area (TPSA) is 41.6 Å². The molecule has 17 heavy (non-hydrogen) atoms. The van der Waals surface area contributed by atoms with Gasteiger partial charge in [-0.05, 0) is 25.1 Å². The molecule has 1 aromatic carbocycles. The molecule has 0 unspecified atom stereocenters. The number of aromatic amines is 1. The maximum absolute atomic E-state index is 13.6. The summed E-state index contributed by atoms with van der Waals surface area (Å²) in [5.74, 6) is -0.252. The van der Waals surface area contributed by atoms with Crippen molar-refractivity contribution in [2.24, 2.45) is 0 Å². The Morgan fingerprint density at radius 1 is 1.24 bits per heavy atom. The fourth-order valence-corrected chi connectivity index (χ4v) is 1.90. The number of H-pyrrole nitrogens is 1. The third-order valence-electron chi connectivity index (χ3n) is 2.81. The quantitative estimate of drug-likeness (QED) is 0.694. The second kappa shape index (κ2) is 3.66. The van der Waals surface area contributed by atoms with Crippen molar-refractivity contribution in [1.82, 2.24) is 15.2 Å². The molecule has 0 amide bonds. The average Bonchev–Trinajstić information content (AvgIpc) is 2.76. The lowest BCUT2D eigenvalue weighted by molar-refractivity contribution is 0.639. The second-order valence-corrected chi connectivity index (χ2v) is 3.94. The molecule has 0 aliphatic heterocycles. The Kier molecular flexibility index (Phi) is 2.14. The van der Waals surface area contributed by atoms with Crippen LogP contribution in [0.1, 0.15) is 5.69 Å². The summed E-state index contributed by atoms with van der Waals surface area (Å²) < 4.78 is 13.6. The molecule has 4 heteroatoms. The number of aryl methyl sites for hydroxylation is 1. The predicted molar refractivity (Wildman–Crippen MR) is 64.0 cm³/mol. The van der Waals surface area contributed by atoms with E-state index < -0.39 is 0 Å². The van der Waals surface area contributed by atoms with E-state index in [-0.39, 0.29) is 5.82 Å². The van der Waals surface area contributed by atoms with Crippen molar-refractivity contribution >= 4 is 10.9 Å². The molecule has 1 N–H and O–H groups in total. The molecule has 2 aromatic heterocycles. The first-order valence-electron chi connectivity index (χ1n) is 5.30. The molecule has 84 valence electrons. The van der Waals surface area contributed by atoms with Crippen molar-refractivity contribution < 1.29 is 4.39 Å². The molecule has 0 atom stereocenters. The Balaban J connectivity index is 2.27. The van der Waals surface area contributed by atoms with Crippen LogP contribution in [0.25, 0.3) is 22.0 Å². The van der Waals surface area contributed by atoms with Gasteiger partial charge in [0.2, 0.25) is 0 Å². The zero-order valence-corrected chi connectivity index (χ0v) is 9.24. The summed E-state index contributed by atoms with van der Waals surface area (Å²) in [5.41, 5.74) is 3.42. The number of aromatic nitrogens is 3. The standard InChI is InChI=1S/C13H10FN3/c1-8-11(7-16-17-8)9-5-10-12(14)3-2-4-13(10)15-6-9/h2-7H,1H3,(H,16,17). The average molecular weight is 227 g/mol. The van der Waals surface area contributed by atoms with Crippen LogP contribution in [0.5, 0.6) is 0 Å². The fraction of sp³-hybridized carbons (Fsp3) is 0.0769. The number of hydrogen-bond acceptors (Lipinski definition) is 2. The summed E-state index contributed by atoms with van der Waals surface area (Å²) in [6, 6.07) is 6.70. The Bertz CT molecular complexity index is 688. The zero-order valence-electron chi connectivity index (χ0n) is 9.24. The first kappa shape index (κ1) is 9.96. The van der Waals surface area contributed by atoms with E-state index in [1.165, 1.54) is 6.07 Å². The number of fused-ring (bicyclic) bond motifs is 1. The molecule has 2 heterocycles. The maximum atomic E-state index is 13.6. The van der Waals surface area contributed by atoms with E-state index >= 15 is 0 Å². The number of benzene rings is 1. The first-order chi connectivity index (χ1) is 8.25. The van der Waals surface area contributed by atoms with Gasteiger partial charge in [0.05, 0.1) is 11.7 Å². The molecule has 0 bridgehead atoms. The minimum Gasteiger partial charge on any atom is -0.282 e. The Labute approximate surface area is 97.3 Å². The van der Waals surface area contributed by atoms with Gasteiger partial charge in [-0.1, -0.05) is 6.07 Å². The van der Waals surface area contributed by atoms with Crippen LogP contribution in [-0.4, -0.2) is 15.2 Å². The third-order valence-corrected chi connectivity index (χ3v) is 2.81. The van der Waals surface area contributed by atoms with Crippen LogP contribution in [0.4, 0.5) is 4.39 Å². The van der Waals surface area contributed by atoms with Gasteiger partial charge in [0.15, 0.2) is 0 Å². The van der Waals surface area contributed by atoms with E-state index in [0.717, 1.165) is 16.8 Å². The van der Waals surface area contributed by atoms with Crippen LogP contribution in [0.3, 0.4) is 0 Å². The second-order valence-electron chi connectivity index (χ2n) is 3.94. The first-order valence-corrected chi connectivity index (χ1v) is 5.30. The highest BCUT2D eigenvalue weighted by atomic mass is 19.1.